The van der Waals surface area contributed by atoms with Crippen LogP contribution in [-0.2, 0) is 17.6 Å². The van der Waals surface area contributed by atoms with Crippen LogP contribution >= 0.6 is 23.1 Å². The molecule has 9 heteroatoms. The molecule has 36 heavy (non-hydrogen) atoms. The smallest absolute Gasteiger partial charge is 0.339 e. The normalized spacial score (nSPS) is 15.2. The number of fused-ring (bicyclic) bond motifs is 3. The van der Waals surface area contributed by atoms with Crippen LogP contribution in [0.3, 0.4) is 0 Å². The fourth-order valence-corrected chi connectivity index (χ4v) is 7.22. The van der Waals surface area contributed by atoms with E-state index in [4.69, 9.17) is 9.72 Å². The Morgan fingerprint density at radius 3 is 2.72 bits per heavy atom. The first kappa shape index (κ1) is 24.5. The summed E-state index contributed by atoms with van der Waals surface area (Å²) in [6.07, 6.45) is 2.92. The molecule has 3 aromatic heterocycles. The molecule has 0 spiro atoms. The minimum atomic E-state index is -0.478. The van der Waals surface area contributed by atoms with Gasteiger partial charge in [0.25, 0.3) is 5.56 Å². The molecule has 186 valence electrons. The van der Waals surface area contributed by atoms with Gasteiger partial charge in [-0.15, -0.1) is 11.3 Å². The van der Waals surface area contributed by atoms with E-state index in [9.17, 15) is 14.4 Å². The standard InChI is InChI=1S/C27H27N3O4S2/c1-14-10-11-18-20(12-14)36-24-22(18)25(32)30(17-8-6-5-7-9-17)27(29-24)35-13-19(31)23-15(2)21(16(3)28-23)26(33)34-4/h5-9,14,28H,10-13H2,1-4H3. The summed E-state index contributed by atoms with van der Waals surface area (Å²) < 4.78 is 6.48. The van der Waals surface area contributed by atoms with Gasteiger partial charge >= 0.3 is 5.97 Å². The third-order valence-electron chi connectivity index (χ3n) is 6.75. The van der Waals surface area contributed by atoms with E-state index < -0.39 is 5.97 Å². The van der Waals surface area contributed by atoms with Crippen LogP contribution in [0.5, 0.6) is 0 Å². The van der Waals surface area contributed by atoms with Crippen molar-refractivity contribution in [1.82, 2.24) is 14.5 Å². The maximum Gasteiger partial charge on any atom is 0.339 e. The zero-order chi connectivity index (χ0) is 25.6. The summed E-state index contributed by atoms with van der Waals surface area (Å²) in [4.78, 5) is 49.1. The van der Waals surface area contributed by atoms with Crippen LogP contribution in [-0.4, -0.2) is 39.2 Å². The van der Waals surface area contributed by atoms with Gasteiger partial charge in [0, 0.05) is 10.6 Å². The number of para-hydroxylation sites is 1. The number of nitrogens with zero attached hydrogens (tertiary/aromatic N) is 2. The first-order valence-corrected chi connectivity index (χ1v) is 13.7. The van der Waals surface area contributed by atoms with Gasteiger partial charge in [-0.25, -0.2) is 9.78 Å². The average Bonchev–Trinajstić information content (AvgIpc) is 3.38. The van der Waals surface area contributed by atoms with E-state index in [1.807, 2.05) is 30.3 Å². The van der Waals surface area contributed by atoms with Crippen molar-refractivity contribution in [2.24, 2.45) is 5.92 Å². The van der Waals surface area contributed by atoms with Gasteiger partial charge in [0.05, 0.1) is 35.2 Å². The molecule has 5 rings (SSSR count). The molecule has 7 nitrogen and oxygen atoms in total. The number of aromatic nitrogens is 3. The number of ketones is 1. The Morgan fingerprint density at radius 2 is 2.00 bits per heavy atom. The molecule has 1 aliphatic carbocycles. The van der Waals surface area contributed by atoms with Crippen molar-refractivity contribution in [2.45, 2.75) is 45.2 Å². The fourth-order valence-electron chi connectivity index (χ4n) is 4.91. The summed E-state index contributed by atoms with van der Waals surface area (Å²) in [5.41, 5.74) is 3.67. The number of hydrogen-bond acceptors (Lipinski definition) is 7. The Hall–Kier alpha value is -3.17. The number of carbonyl (C=O) groups excluding carboxylic acids is 2. The summed E-state index contributed by atoms with van der Waals surface area (Å²) in [6.45, 7) is 5.71. The minimum absolute atomic E-state index is 0.0638. The Bertz CT molecular complexity index is 1550. The SMILES string of the molecule is COC(=O)c1c(C)[nH]c(C(=O)CSc2nc3sc4c(c3c(=O)n2-c2ccccc2)CCC(C)C4)c1C. The van der Waals surface area contributed by atoms with Crippen LogP contribution in [0.2, 0.25) is 0 Å². The molecule has 1 atom stereocenters. The summed E-state index contributed by atoms with van der Waals surface area (Å²) >= 11 is 2.83. The lowest BCUT2D eigenvalue weighted by Crippen LogP contribution is -2.23. The Kier molecular flexibility index (Phi) is 6.61. The zero-order valence-corrected chi connectivity index (χ0v) is 22.3. The number of Topliss-reactive ketones (excluding diaryl/α,β-unsaturated/α-hetero) is 1. The minimum Gasteiger partial charge on any atom is -0.465 e. The van der Waals surface area contributed by atoms with Crippen molar-refractivity contribution in [3.63, 3.8) is 0 Å². The molecular weight excluding hydrogens is 494 g/mol. The van der Waals surface area contributed by atoms with Crippen LogP contribution in [0.25, 0.3) is 15.9 Å². The number of hydrogen-bond donors (Lipinski definition) is 1. The third kappa shape index (κ3) is 4.20. The summed E-state index contributed by atoms with van der Waals surface area (Å²) in [5.74, 6) is 0.00244. The van der Waals surface area contributed by atoms with Gasteiger partial charge in [-0.05, 0) is 62.3 Å². The number of thioether (sulfide) groups is 1. The molecule has 0 bridgehead atoms. The largest absolute Gasteiger partial charge is 0.465 e. The second-order valence-electron chi connectivity index (χ2n) is 9.23. The number of thiophene rings is 1. The summed E-state index contributed by atoms with van der Waals surface area (Å²) in [6, 6.07) is 9.43. The van der Waals surface area contributed by atoms with Gasteiger partial charge in [-0.1, -0.05) is 36.9 Å². The molecule has 1 aromatic carbocycles. The van der Waals surface area contributed by atoms with E-state index in [0.717, 1.165) is 35.3 Å². The number of rotatable bonds is 6. The second kappa shape index (κ2) is 9.71. The van der Waals surface area contributed by atoms with Crippen molar-refractivity contribution >= 4 is 45.1 Å². The Labute approximate surface area is 216 Å². The van der Waals surface area contributed by atoms with Crippen molar-refractivity contribution in [2.75, 3.05) is 12.9 Å². The van der Waals surface area contributed by atoms with Crippen LogP contribution in [0, 0.1) is 19.8 Å². The van der Waals surface area contributed by atoms with E-state index in [1.165, 1.54) is 23.7 Å². The molecule has 0 saturated carbocycles. The van der Waals surface area contributed by atoms with Crippen LogP contribution < -0.4 is 5.56 Å². The number of esters is 1. The Morgan fingerprint density at radius 1 is 1.25 bits per heavy atom. The number of nitrogens with one attached hydrogen (secondary N) is 1. The van der Waals surface area contributed by atoms with Crippen LogP contribution in [0.1, 0.15) is 55.9 Å². The van der Waals surface area contributed by atoms with Crippen molar-refractivity contribution in [3.05, 3.63) is 73.6 Å². The third-order valence-corrected chi connectivity index (χ3v) is 8.84. The van der Waals surface area contributed by atoms with Gasteiger partial charge in [-0.3, -0.25) is 14.2 Å². The molecular formula is C27H27N3O4S2. The van der Waals surface area contributed by atoms with Crippen molar-refractivity contribution < 1.29 is 14.3 Å². The lowest BCUT2D eigenvalue weighted by Gasteiger charge is -2.17. The highest BCUT2D eigenvalue weighted by atomic mass is 32.2. The quantitative estimate of drug-likeness (QED) is 0.161. The van der Waals surface area contributed by atoms with E-state index in [2.05, 4.69) is 11.9 Å². The fraction of sp³-hybridized carbons (Fsp3) is 0.333. The number of carbonyl (C=O) groups is 2. The van der Waals surface area contributed by atoms with Crippen LogP contribution in [0.4, 0.5) is 0 Å². The zero-order valence-electron chi connectivity index (χ0n) is 20.6. The highest BCUT2D eigenvalue weighted by molar-refractivity contribution is 7.99. The maximum absolute atomic E-state index is 13.9. The molecule has 0 fully saturated rings. The number of aryl methyl sites for hydroxylation is 2. The first-order valence-electron chi connectivity index (χ1n) is 11.9. The van der Waals surface area contributed by atoms with Gasteiger partial charge in [-0.2, -0.15) is 0 Å². The molecule has 3 heterocycles. The average molecular weight is 522 g/mol. The van der Waals surface area contributed by atoms with Gasteiger partial charge in [0.2, 0.25) is 0 Å². The Balaban J connectivity index is 1.55. The van der Waals surface area contributed by atoms with Gasteiger partial charge in [0.1, 0.15) is 4.83 Å². The highest BCUT2D eigenvalue weighted by Crippen LogP contribution is 2.37. The number of methoxy groups -OCH3 is 1. The summed E-state index contributed by atoms with van der Waals surface area (Å²) in [5, 5.41) is 1.19. The van der Waals surface area contributed by atoms with E-state index in [1.54, 1.807) is 29.8 Å². The second-order valence-corrected chi connectivity index (χ2v) is 11.3. The van der Waals surface area contributed by atoms with E-state index in [0.29, 0.717) is 39.0 Å². The predicted molar refractivity (Wildman–Crippen MR) is 143 cm³/mol. The number of benzene rings is 1. The highest BCUT2D eigenvalue weighted by Gasteiger charge is 2.26. The molecule has 1 aliphatic rings. The van der Waals surface area contributed by atoms with Gasteiger partial charge in [0.15, 0.2) is 10.9 Å². The molecule has 0 amide bonds. The number of ether oxygens (including phenoxy) is 1. The molecule has 4 aromatic rings. The predicted octanol–water partition coefficient (Wildman–Crippen LogP) is 5.28. The lowest BCUT2D eigenvalue weighted by atomic mass is 9.89. The lowest BCUT2D eigenvalue weighted by molar-refractivity contribution is 0.0599. The molecule has 1 unspecified atom stereocenters. The van der Waals surface area contributed by atoms with Crippen LogP contribution in [0.15, 0.2) is 40.3 Å². The van der Waals surface area contributed by atoms with E-state index >= 15 is 0 Å². The van der Waals surface area contributed by atoms with E-state index in [-0.39, 0.29) is 17.1 Å². The van der Waals surface area contributed by atoms with Crippen molar-refractivity contribution in [1.29, 1.82) is 0 Å². The molecule has 0 saturated heterocycles. The van der Waals surface area contributed by atoms with Crippen molar-refractivity contribution in [3.8, 4) is 5.69 Å². The maximum atomic E-state index is 13.9. The first-order chi connectivity index (χ1) is 17.3. The number of aromatic amines is 1. The molecule has 0 aliphatic heterocycles. The summed E-state index contributed by atoms with van der Waals surface area (Å²) in [7, 11) is 1.32. The topological polar surface area (TPSA) is 94.1 Å². The number of H-pyrrole nitrogens is 1. The monoisotopic (exact) mass is 521 g/mol. The molecule has 0 radical (unpaired) electrons. The molecule has 1 N–H and O–H groups in total. The van der Waals surface area contributed by atoms with Gasteiger partial charge < -0.3 is 9.72 Å².